The van der Waals surface area contributed by atoms with Gasteiger partial charge in [0.25, 0.3) is 0 Å². The van der Waals surface area contributed by atoms with E-state index in [1.807, 2.05) is 13.8 Å². The lowest BCUT2D eigenvalue weighted by atomic mass is 10.3. The standard InChI is InChI=1S/C4H11N.C2H6.C2H4.CH4O/c1-2-3-4-5;3*1-2/h2-5H2,1H3;1-2H3;1-2H2;2H,1H3. The number of unbranched alkanes of at least 4 members (excludes halogenated alkanes) is 1. The SMILES string of the molecule is C=C.CC.CCCCN.CO. The Morgan fingerprint density at radius 2 is 1.45 bits per heavy atom. The van der Waals surface area contributed by atoms with Gasteiger partial charge in [0, 0.05) is 7.11 Å². The maximum Gasteiger partial charge on any atom is 0.0319 e. The molecule has 0 radical (unpaired) electrons. The minimum absolute atomic E-state index is 0.844. The summed E-state index contributed by atoms with van der Waals surface area (Å²) in [5.41, 5.74) is 5.14. The minimum atomic E-state index is 0.844. The molecule has 0 bridgehead atoms. The fraction of sp³-hybridized carbons (Fsp3) is 0.778. The molecule has 0 fully saturated rings. The molecule has 0 saturated carbocycles. The second kappa shape index (κ2) is 102. The Hall–Kier alpha value is -0.340. The Morgan fingerprint density at radius 3 is 1.45 bits per heavy atom. The van der Waals surface area contributed by atoms with Crippen LogP contribution in [0.3, 0.4) is 0 Å². The summed E-state index contributed by atoms with van der Waals surface area (Å²) in [6.45, 7) is 13.0. The van der Waals surface area contributed by atoms with Crippen molar-refractivity contribution in [2.45, 2.75) is 33.6 Å². The van der Waals surface area contributed by atoms with E-state index >= 15 is 0 Å². The van der Waals surface area contributed by atoms with Crippen LogP contribution < -0.4 is 5.73 Å². The summed E-state index contributed by atoms with van der Waals surface area (Å²) < 4.78 is 0. The smallest absolute Gasteiger partial charge is 0.0319 e. The molecule has 3 N–H and O–H groups in total. The van der Waals surface area contributed by atoms with Crippen LogP contribution in [0.1, 0.15) is 33.6 Å². The van der Waals surface area contributed by atoms with Gasteiger partial charge in [0.1, 0.15) is 0 Å². The summed E-state index contributed by atoms with van der Waals surface area (Å²) in [5.74, 6) is 0. The predicted molar refractivity (Wildman–Crippen MR) is 54.7 cm³/mol. The third kappa shape index (κ3) is 206. The summed E-state index contributed by atoms with van der Waals surface area (Å²) >= 11 is 0. The maximum absolute atomic E-state index is 7.00. The van der Waals surface area contributed by atoms with E-state index in [4.69, 9.17) is 10.8 Å². The van der Waals surface area contributed by atoms with Crippen molar-refractivity contribution in [2.75, 3.05) is 13.7 Å². The zero-order valence-electron chi connectivity index (χ0n) is 8.56. The average Bonchev–Trinajstić information content (AvgIpc) is 2.16. The fourth-order valence-corrected chi connectivity index (χ4v) is 0.204. The molecule has 0 aliphatic heterocycles. The highest BCUT2D eigenvalue weighted by Gasteiger charge is 1.67. The van der Waals surface area contributed by atoms with Gasteiger partial charge in [-0.1, -0.05) is 27.2 Å². The van der Waals surface area contributed by atoms with E-state index in [0.29, 0.717) is 0 Å². The first-order chi connectivity index (χ1) is 5.41. The van der Waals surface area contributed by atoms with Gasteiger partial charge in [0.15, 0.2) is 0 Å². The molecular weight excluding hydrogens is 138 g/mol. The van der Waals surface area contributed by atoms with Crippen molar-refractivity contribution >= 4 is 0 Å². The summed E-state index contributed by atoms with van der Waals surface area (Å²) in [4.78, 5) is 0. The van der Waals surface area contributed by atoms with Crippen LogP contribution in [-0.4, -0.2) is 18.8 Å². The summed E-state index contributed by atoms with van der Waals surface area (Å²) in [6, 6.07) is 0. The third-order valence-electron chi connectivity index (χ3n) is 0.558. The Balaban J connectivity index is -0.0000000350. The highest BCUT2D eigenvalue weighted by Crippen LogP contribution is 1.77. The van der Waals surface area contributed by atoms with Gasteiger partial charge in [-0.2, -0.15) is 0 Å². The molecule has 0 rings (SSSR count). The molecule has 0 unspecified atom stereocenters. The van der Waals surface area contributed by atoms with Gasteiger partial charge in [0.2, 0.25) is 0 Å². The molecule has 0 atom stereocenters. The molecule has 0 heterocycles. The fourth-order valence-electron chi connectivity index (χ4n) is 0.204. The van der Waals surface area contributed by atoms with Gasteiger partial charge >= 0.3 is 0 Å². The molecule has 11 heavy (non-hydrogen) atoms. The van der Waals surface area contributed by atoms with E-state index in [0.717, 1.165) is 13.7 Å². The Kier molecular flexibility index (Phi) is 209. The number of hydrogen-bond donors (Lipinski definition) is 2. The number of nitrogens with two attached hydrogens (primary N) is 1. The normalized spacial score (nSPS) is 5.27. The van der Waals surface area contributed by atoms with Crippen molar-refractivity contribution in [3.8, 4) is 0 Å². The molecule has 0 aliphatic carbocycles. The molecule has 0 aromatic rings. The monoisotopic (exact) mass is 163 g/mol. The number of hydrogen-bond acceptors (Lipinski definition) is 2. The molecular formula is C9H25NO. The van der Waals surface area contributed by atoms with Crippen LogP contribution in [0.2, 0.25) is 0 Å². The van der Waals surface area contributed by atoms with Crippen molar-refractivity contribution in [2.24, 2.45) is 5.73 Å². The van der Waals surface area contributed by atoms with E-state index in [2.05, 4.69) is 20.1 Å². The molecule has 0 aliphatic rings. The van der Waals surface area contributed by atoms with E-state index in [1.165, 1.54) is 12.8 Å². The molecule has 0 amide bonds. The van der Waals surface area contributed by atoms with Gasteiger partial charge < -0.3 is 10.8 Å². The number of aliphatic hydroxyl groups is 1. The minimum Gasteiger partial charge on any atom is -0.400 e. The van der Waals surface area contributed by atoms with Gasteiger partial charge in [-0.25, -0.2) is 0 Å². The van der Waals surface area contributed by atoms with Crippen molar-refractivity contribution in [3.05, 3.63) is 13.2 Å². The Bertz CT molecular complexity index is 23.5. The first-order valence-corrected chi connectivity index (χ1v) is 4.06. The van der Waals surface area contributed by atoms with Crippen molar-refractivity contribution in [1.29, 1.82) is 0 Å². The van der Waals surface area contributed by atoms with E-state index in [1.54, 1.807) is 0 Å². The molecule has 0 saturated heterocycles. The summed E-state index contributed by atoms with van der Waals surface area (Å²) in [6.07, 6.45) is 2.39. The molecule has 0 spiro atoms. The summed E-state index contributed by atoms with van der Waals surface area (Å²) in [7, 11) is 1.00. The lowest BCUT2D eigenvalue weighted by molar-refractivity contribution is 0.399. The van der Waals surface area contributed by atoms with Crippen LogP contribution in [0.15, 0.2) is 13.2 Å². The zero-order valence-corrected chi connectivity index (χ0v) is 8.56. The first kappa shape index (κ1) is 22.4. The van der Waals surface area contributed by atoms with E-state index in [9.17, 15) is 0 Å². The van der Waals surface area contributed by atoms with Gasteiger partial charge in [-0.15, -0.1) is 13.2 Å². The van der Waals surface area contributed by atoms with Crippen LogP contribution in [0, 0.1) is 0 Å². The lowest BCUT2D eigenvalue weighted by Crippen LogP contribution is -1.95. The van der Waals surface area contributed by atoms with E-state index in [-0.39, 0.29) is 0 Å². The molecule has 2 heteroatoms. The predicted octanol–water partition coefficient (Wildman–Crippen LogP) is 2.18. The second-order valence-electron chi connectivity index (χ2n) is 1.14. The summed E-state index contributed by atoms with van der Waals surface area (Å²) in [5, 5.41) is 7.00. The zero-order chi connectivity index (χ0) is 10.1. The Morgan fingerprint density at radius 1 is 1.18 bits per heavy atom. The first-order valence-electron chi connectivity index (χ1n) is 4.06. The molecule has 0 aromatic carbocycles. The van der Waals surface area contributed by atoms with Crippen LogP contribution >= 0.6 is 0 Å². The van der Waals surface area contributed by atoms with Crippen molar-refractivity contribution in [1.82, 2.24) is 0 Å². The molecule has 0 aromatic heterocycles. The van der Waals surface area contributed by atoms with Crippen LogP contribution in [-0.2, 0) is 0 Å². The average molecular weight is 163 g/mol. The van der Waals surface area contributed by atoms with Gasteiger partial charge in [-0.3, -0.25) is 0 Å². The van der Waals surface area contributed by atoms with Crippen molar-refractivity contribution in [3.63, 3.8) is 0 Å². The Labute approximate surface area is 72.1 Å². The van der Waals surface area contributed by atoms with Crippen LogP contribution in [0.25, 0.3) is 0 Å². The largest absolute Gasteiger partial charge is 0.400 e. The number of aliphatic hydroxyl groups excluding tert-OH is 1. The molecule has 72 valence electrons. The quantitative estimate of drug-likeness (QED) is 0.613. The van der Waals surface area contributed by atoms with Gasteiger partial charge in [0.05, 0.1) is 0 Å². The molecule has 2 nitrogen and oxygen atoms in total. The topological polar surface area (TPSA) is 46.2 Å². The maximum atomic E-state index is 7.00. The van der Waals surface area contributed by atoms with Crippen molar-refractivity contribution < 1.29 is 5.11 Å². The third-order valence-corrected chi connectivity index (χ3v) is 0.558. The highest BCUT2D eigenvalue weighted by atomic mass is 16.2. The highest BCUT2D eigenvalue weighted by molar-refractivity contribution is 4.29. The lowest BCUT2D eigenvalue weighted by Gasteiger charge is -1.80. The van der Waals surface area contributed by atoms with Crippen LogP contribution in [0.4, 0.5) is 0 Å². The number of rotatable bonds is 2. The van der Waals surface area contributed by atoms with Gasteiger partial charge in [-0.05, 0) is 13.0 Å². The van der Waals surface area contributed by atoms with Crippen LogP contribution in [0.5, 0.6) is 0 Å². The second-order valence-corrected chi connectivity index (χ2v) is 1.14. The van der Waals surface area contributed by atoms with E-state index < -0.39 is 0 Å².